The van der Waals surface area contributed by atoms with E-state index in [1.165, 1.54) is 23.3 Å². The van der Waals surface area contributed by atoms with Gasteiger partial charge in [0.05, 0.1) is 5.56 Å². The molecule has 3 atom stereocenters. The molecule has 32 heavy (non-hydrogen) atoms. The van der Waals surface area contributed by atoms with Gasteiger partial charge in [0, 0.05) is 30.1 Å². The number of fused-ring (bicyclic) bond motifs is 2. The van der Waals surface area contributed by atoms with Gasteiger partial charge in [-0.2, -0.15) is 10.5 Å². The maximum Gasteiger partial charge on any atom is 0.228 e. The van der Waals surface area contributed by atoms with E-state index in [1.807, 2.05) is 0 Å². The summed E-state index contributed by atoms with van der Waals surface area (Å²) < 4.78 is 0. The smallest absolute Gasteiger partial charge is 0.228 e. The summed E-state index contributed by atoms with van der Waals surface area (Å²) in [7, 11) is 2.06. The standard InChI is InChI=1S/C25H28N4OS.ClH/c1-16-5-9-19(10-6-16)29(2)11-3-4-23-21(14-26)22(15-27)25(31-23)28-24(30)20-13-17-7-8-18(20)12-17;/h5-6,9-10,17-18,20H,3-4,7-8,11-13H2,1-2H3,(H,28,30);1H/t17-,18-,20+;/m0./s1. The first-order valence-corrected chi connectivity index (χ1v) is 11.9. The van der Waals surface area contributed by atoms with Crippen molar-refractivity contribution in [3.05, 3.63) is 45.8 Å². The molecule has 1 amide bonds. The second-order valence-corrected chi connectivity index (χ2v) is 10.1. The van der Waals surface area contributed by atoms with Gasteiger partial charge in [-0.05, 0) is 63.0 Å². The van der Waals surface area contributed by atoms with Crippen LogP contribution in [0.1, 0.15) is 53.7 Å². The minimum Gasteiger partial charge on any atom is -0.375 e. The van der Waals surface area contributed by atoms with Gasteiger partial charge < -0.3 is 10.2 Å². The van der Waals surface area contributed by atoms with E-state index in [4.69, 9.17) is 0 Å². The minimum atomic E-state index is 0. The number of hydrogen-bond acceptors (Lipinski definition) is 5. The molecule has 1 aromatic heterocycles. The van der Waals surface area contributed by atoms with Crippen molar-refractivity contribution in [3.8, 4) is 12.1 Å². The van der Waals surface area contributed by atoms with E-state index >= 15 is 0 Å². The maximum atomic E-state index is 12.9. The third-order valence-corrected chi connectivity index (χ3v) is 8.05. The van der Waals surface area contributed by atoms with Gasteiger partial charge in [0.15, 0.2) is 0 Å². The number of halogens is 1. The Kier molecular flexibility index (Phi) is 7.82. The van der Waals surface area contributed by atoms with Crippen LogP contribution < -0.4 is 10.2 Å². The lowest BCUT2D eigenvalue weighted by Crippen LogP contribution is -2.27. The lowest BCUT2D eigenvalue weighted by molar-refractivity contribution is -0.121. The van der Waals surface area contributed by atoms with Crippen molar-refractivity contribution in [3.63, 3.8) is 0 Å². The van der Waals surface area contributed by atoms with Gasteiger partial charge in [-0.15, -0.1) is 23.7 Å². The van der Waals surface area contributed by atoms with Gasteiger partial charge in [-0.25, -0.2) is 0 Å². The van der Waals surface area contributed by atoms with Crippen LogP contribution in [0.25, 0.3) is 0 Å². The number of hydrogen-bond donors (Lipinski definition) is 1. The first kappa shape index (κ1) is 24.1. The Labute approximate surface area is 200 Å². The fraction of sp³-hybridized carbons (Fsp3) is 0.480. The SMILES string of the molecule is Cc1ccc(N(C)CCCc2sc(NC(=O)[C@@H]3C[C@H]4CC[C@H]3C4)c(C#N)c2C#N)cc1.Cl. The van der Waals surface area contributed by atoms with Crippen LogP contribution in [0.2, 0.25) is 0 Å². The van der Waals surface area contributed by atoms with Gasteiger partial charge in [0.25, 0.3) is 0 Å². The van der Waals surface area contributed by atoms with E-state index in [0.717, 1.165) is 42.8 Å². The largest absolute Gasteiger partial charge is 0.375 e. The van der Waals surface area contributed by atoms with Crippen molar-refractivity contribution >= 4 is 40.3 Å². The molecule has 0 unspecified atom stereocenters. The second-order valence-electron chi connectivity index (χ2n) is 8.96. The molecule has 2 fully saturated rings. The summed E-state index contributed by atoms with van der Waals surface area (Å²) in [5, 5.41) is 22.9. The van der Waals surface area contributed by atoms with Crippen LogP contribution >= 0.6 is 23.7 Å². The number of benzene rings is 1. The van der Waals surface area contributed by atoms with E-state index in [9.17, 15) is 15.3 Å². The fourth-order valence-electron chi connectivity index (χ4n) is 5.14. The normalized spacial score (nSPS) is 20.8. The maximum absolute atomic E-state index is 12.9. The Morgan fingerprint density at radius 3 is 2.47 bits per heavy atom. The van der Waals surface area contributed by atoms with Crippen LogP contribution in [-0.4, -0.2) is 19.5 Å². The molecule has 5 nitrogen and oxygen atoms in total. The summed E-state index contributed by atoms with van der Waals surface area (Å²) in [5.74, 6) is 1.27. The average Bonchev–Trinajstić information content (AvgIpc) is 3.48. The van der Waals surface area contributed by atoms with Crippen molar-refractivity contribution in [2.24, 2.45) is 17.8 Å². The number of aryl methyl sites for hydroxylation is 2. The highest BCUT2D eigenvalue weighted by atomic mass is 35.5. The quantitative estimate of drug-likeness (QED) is 0.568. The molecule has 2 aliphatic rings. The lowest BCUT2D eigenvalue weighted by Gasteiger charge is -2.20. The summed E-state index contributed by atoms with van der Waals surface area (Å²) >= 11 is 1.40. The van der Waals surface area contributed by atoms with Crippen LogP contribution in [0, 0.1) is 47.3 Å². The van der Waals surface area contributed by atoms with E-state index in [1.54, 1.807) is 0 Å². The molecule has 1 N–H and O–H groups in total. The van der Waals surface area contributed by atoms with Gasteiger partial charge in [-0.1, -0.05) is 24.1 Å². The van der Waals surface area contributed by atoms with Crippen LogP contribution in [0.15, 0.2) is 24.3 Å². The predicted molar refractivity (Wildman–Crippen MR) is 131 cm³/mol. The van der Waals surface area contributed by atoms with Crippen molar-refractivity contribution < 1.29 is 4.79 Å². The molecule has 1 heterocycles. The Morgan fingerprint density at radius 1 is 1.16 bits per heavy atom. The molecule has 0 aliphatic heterocycles. The molecule has 0 spiro atoms. The van der Waals surface area contributed by atoms with Gasteiger partial charge in [-0.3, -0.25) is 4.79 Å². The first-order chi connectivity index (χ1) is 15.0. The Hall–Kier alpha value is -2.54. The van der Waals surface area contributed by atoms with Crippen LogP contribution in [-0.2, 0) is 11.2 Å². The molecule has 7 heteroatoms. The molecule has 2 aliphatic carbocycles. The van der Waals surface area contributed by atoms with Crippen molar-refractivity contribution in [2.45, 2.75) is 45.4 Å². The fourth-order valence-corrected chi connectivity index (χ4v) is 6.29. The predicted octanol–water partition coefficient (Wildman–Crippen LogP) is 5.67. The highest BCUT2D eigenvalue weighted by molar-refractivity contribution is 7.16. The van der Waals surface area contributed by atoms with Crippen LogP contribution in [0.5, 0.6) is 0 Å². The topological polar surface area (TPSA) is 79.9 Å². The monoisotopic (exact) mass is 468 g/mol. The Bertz CT molecular complexity index is 1050. The van der Waals surface area contributed by atoms with Crippen molar-refractivity contribution in [1.29, 1.82) is 10.5 Å². The number of nitrogens with one attached hydrogen (secondary N) is 1. The van der Waals surface area contributed by atoms with E-state index in [0.29, 0.717) is 34.4 Å². The Balaban J connectivity index is 0.00000289. The second kappa shape index (κ2) is 10.4. The number of thiophene rings is 1. The third kappa shape index (κ3) is 4.93. The highest BCUT2D eigenvalue weighted by Gasteiger charge is 2.43. The number of amides is 1. The number of nitriles is 2. The summed E-state index contributed by atoms with van der Waals surface area (Å²) in [6.07, 6.45) is 6.09. The molecule has 1 aromatic carbocycles. The molecule has 0 saturated heterocycles. The van der Waals surface area contributed by atoms with E-state index < -0.39 is 0 Å². The Morgan fingerprint density at radius 2 is 1.88 bits per heavy atom. The van der Waals surface area contributed by atoms with Crippen molar-refractivity contribution in [1.82, 2.24) is 0 Å². The van der Waals surface area contributed by atoms with Crippen LogP contribution in [0.3, 0.4) is 0 Å². The summed E-state index contributed by atoms with van der Waals surface area (Å²) in [5.41, 5.74) is 3.15. The molecule has 2 bridgehead atoms. The molecule has 2 aromatic rings. The molecule has 0 radical (unpaired) electrons. The molecular formula is C25H29ClN4OS. The number of anilines is 2. The van der Waals surface area contributed by atoms with E-state index in [-0.39, 0.29) is 24.2 Å². The lowest BCUT2D eigenvalue weighted by atomic mass is 9.88. The zero-order chi connectivity index (χ0) is 22.0. The average molecular weight is 469 g/mol. The zero-order valence-electron chi connectivity index (χ0n) is 18.6. The van der Waals surface area contributed by atoms with Gasteiger partial charge in [0.1, 0.15) is 22.7 Å². The van der Waals surface area contributed by atoms with Crippen LogP contribution in [0.4, 0.5) is 10.7 Å². The number of carbonyl (C=O) groups excluding carboxylic acids is 1. The number of rotatable bonds is 7. The minimum absolute atomic E-state index is 0. The van der Waals surface area contributed by atoms with Gasteiger partial charge in [0.2, 0.25) is 5.91 Å². The molecule has 4 rings (SSSR count). The number of carbonyl (C=O) groups is 1. The third-order valence-electron chi connectivity index (χ3n) is 6.89. The van der Waals surface area contributed by atoms with Gasteiger partial charge >= 0.3 is 0 Å². The summed E-state index contributed by atoms with van der Waals surface area (Å²) in [6, 6.07) is 12.8. The van der Waals surface area contributed by atoms with Crippen molar-refractivity contribution in [2.75, 3.05) is 23.8 Å². The molecule has 2 saturated carbocycles. The summed E-state index contributed by atoms with van der Waals surface area (Å²) in [6.45, 7) is 2.92. The highest BCUT2D eigenvalue weighted by Crippen LogP contribution is 2.49. The zero-order valence-corrected chi connectivity index (χ0v) is 20.2. The van der Waals surface area contributed by atoms with E-state index in [2.05, 4.69) is 60.6 Å². The molecule has 168 valence electrons. The summed E-state index contributed by atoms with van der Waals surface area (Å²) in [4.78, 5) is 15.9. The first-order valence-electron chi connectivity index (χ1n) is 11.0. The number of nitrogens with zero attached hydrogens (tertiary/aromatic N) is 3. The molecular weight excluding hydrogens is 440 g/mol.